The van der Waals surface area contributed by atoms with Crippen LogP contribution in [-0.4, -0.2) is 18.4 Å². The van der Waals surface area contributed by atoms with Gasteiger partial charge in [0.05, 0.1) is 6.54 Å². The summed E-state index contributed by atoms with van der Waals surface area (Å²) in [6.07, 6.45) is 35.0. The van der Waals surface area contributed by atoms with Crippen LogP contribution in [0.3, 0.4) is 0 Å². The predicted molar refractivity (Wildman–Crippen MR) is 151 cm³/mol. The molecule has 0 saturated carbocycles. The first-order valence-corrected chi connectivity index (χ1v) is 15.5. The van der Waals surface area contributed by atoms with E-state index >= 15 is 0 Å². The van der Waals surface area contributed by atoms with Gasteiger partial charge in [-0.1, -0.05) is 161 Å². The summed E-state index contributed by atoms with van der Waals surface area (Å²) in [6.45, 7) is 2.27. The third kappa shape index (κ3) is 30.9. The molecule has 4 N–H and O–H groups in total. The van der Waals surface area contributed by atoms with Crippen LogP contribution in [0.5, 0.6) is 0 Å². The second-order valence-electron chi connectivity index (χ2n) is 10.6. The van der Waals surface area contributed by atoms with E-state index in [1.165, 1.54) is 148 Å². The highest BCUT2D eigenvalue weighted by atomic mass is 16.2. The smallest absolute Gasteiger partial charge is 0.234 e. The summed E-state index contributed by atoms with van der Waals surface area (Å²) in [7, 11) is 0. The minimum Gasteiger partial charge on any atom is -0.369 e. The van der Waals surface area contributed by atoms with Gasteiger partial charge in [-0.2, -0.15) is 0 Å². The average molecular weight is 496 g/mol. The van der Waals surface area contributed by atoms with Gasteiger partial charge in [-0.05, 0) is 6.42 Å². The Hall–Kier alpha value is -1.10. The Kier molecular flexibility index (Phi) is 28.2. The third-order valence-electron chi connectivity index (χ3n) is 7.00. The van der Waals surface area contributed by atoms with Crippen molar-refractivity contribution in [2.45, 2.75) is 174 Å². The number of carbonyl (C=O) groups is 2. The summed E-state index contributed by atoms with van der Waals surface area (Å²) in [5.41, 5.74) is 10.0. The molecule has 0 aromatic carbocycles. The SMILES string of the molecule is CCCCCCCCCCCCCCCCCCCCCCCCCCCC(=O)NNCC(N)=O. The van der Waals surface area contributed by atoms with Crippen molar-refractivity contribution >= 4 is 11.8 Å². The Bertz CT molecular complexity index is 457. The lowest BCUT2D eigenvalue weighted by Crippen LogP contribution is -2.42. The van der Waals surface area contributed by atoms with Crippen LogP contribution in [-0.2, 0) is 9.59 Å². The Balaban J connectivity index is 3.09. The van der Waals surface area contributed by atoms with Gasteiger partial charge < -0.3 is 5.73 Å². The Labute approximate surface area is 218 Å². The van der Waals surface area contributed by atoms with Gasteiger partial charge in [0.2, 0.25) is 11.8 Å². The van der Waals surface area contributed by atoms with Gasteiger partial charge in [-0.25, -0.2) is 5.43 Å². The van der Waals surface area contributed by atoms with Crippen molar-refractivity contribution in [3.8, 4) is 0 Å². The maximum atomic E-state index is 11.5. The molecule has 0 aliphatic rings. The monoisotopic (exact) mass is 495 g/mol. The molecule has 0 saturated heterocycles. The lowest BCUT2D eigenvalue weighted by atomic mass is 10.0. The Morgan fingerprint density at radius 3 is 1.06 bits per heavy atom. The number of hydrogen-bond acceptors (Lipinski definition) is 3. The van der Waals surface area contributed by atoms with Crippen LogP contribution in [0.25, 0.3) is 0 Å². The molecule has 0 radical (unpaired) electrons. The molecule has 0 aliphatic carbocycles. The summed E-state index contributed by atoms with van der Waals surface area (Å²) in [5, 5.41) is 0. The molecule has 0 rings (SSSR count). The number of rotatable bonds is 29. The van der Waals surface area contributed by atoms with E-state index in [1.54, 1.807) is 0 Å². The van der Waals surface area contributed by atoms with E-state index in [4.69, 9.17) is 5.73 Å². The molecule has 0 unspecified atom stereocenters. The van der Waals surface area contributed by atoms with E-state index in [2.05, 4.69) is 17.8 Å². The number of hydrogen-bond donors (Lipinski definition) is 3. The molecule has 0 aromatic heterocycles. The molecular weight excluding hydrogens is 434 g/mol. The van der Waals surface area contributed by atoms with Crippen molar-refractivity contribution in [1.29, 1.82) is 0 Å². The summed E-state index contributed by atoms with van der Waals surface area (Å²) in [5.74, 6) is -0.546. The first-order chi connectivity index (χ1) is 17.2. The quantitative estimate of drug-likeness (QED) is 0.0721. The van der Waals surface area contributed by atoms with E-state index in [0.29, 0.717) is 6.42 Å². The lowest BCUT2D eigenvalue weighted by molar-refractivity contribution is -0.122. The normalized spacial score (nSPS) is 11.1. The van der Waals surface area contributed by atoms with Crippen molar-refractivity contribution < 1.29 is 9.59 Å². The molecule has 0 aliphatic heterocycles. The minimum absolute atomic E-state index is 0.0226. The van der Waals surface area contributed by atoms with E-state index in [9.17, 15) is 9.59 Å². The minimum atomic E-state index is -0.477. The van der Waals surface area contributed by atoms with Crippen molar-refractivity contribution in [3.05, 3.63) is 0 Å². The second-order valence-corrected chi connectivity index (χ2v) is 10.6. The number of nitrogens with one attached hydrogen (secondary N) is 2. The van der Waals surface area contributed by atoms with E-state index in [1.807, 2.05) is 0 Å². The fourth-order valence-electron chi connectivity index (χ4n) is 4.72. The Morgan fingerprint density at radius 1 is 0.486 bits per heavy atom. The summed E-state index contributed by atoms with van der Waals surface area (Å²) >= 11 is 0. The molecular formula is C30H61N3O2. The van der Waals surface area contributed by atoms with Gasteiger partial charge in [-0.3, -0.25) is 15.0 Å². The van der Waals surface area contributed by atoms with Crippen molar-refractivity contribution in [1.82, 2.24) is 10.9 Å². The first kappa shape index (κ1) is 33.9. The van der Waals surface area contributed by atoms with Gasteiger partial charge in [0.25, 0.3) is 0 Å². The highest BCUT2D eigenvalue weighted by Gasteiger charge is 2.01. The zero-order valence-electron chi connectivity index (χ0n) is 23.5. The molecule has 5 heteroatoms. The summed E-state index contributed by atoms with van der Waals surface area (Å²) in [6, 6.07) is 0. The van der Waals surface area contributed by atoms with Gasteiger partial charge >= 0.3 is 0 Å². The molecule has 0 bridgehead atoms. The fraction of sp³-hybridized carbons (Fsp3) is 0.933. The largest absolute Gasteiger partial charge is 0.369 e. The molecule has 0 heterocycles. The maximum absolute atomic E-state index is 11.5. The molecule has 5 nitrogen and oxygen atoms in total. The standard InChI is InChI=1S/C30H61N3O2/c1-2-3-4-5-6-7-8-9-10-11-12-13-14-15-16-17-18-19-20-21-22-23-24-25-26-27-30(35)33-32-28-29(31)34/h32H,2-28H2,1H3,(H2,31,34)(H,33,35). The molecule has 0 spiro atoms. The number of hydrazine groups is 1. The maximum Gasteiger partial charge on any atom is 0.234 e. The first-order valence-electron chi connectivity index (χ1n) is 15.5. The highest BCUT2D eigenvalue weighted by Crippen LogP contribution is 2.15. The van der Waals surface area contributed by atoms with Gasteiger partial charge in [0.15, 0.2) is 0 Å². The number of carbonyl (C=O) groups excluding carboxylic acids is 2. The lowest BCUT2D eigenvalue weighted by Gasteiger charge is -2.05. The van der Waals surface area contributed by atoms with Crippen LogP contribution in [0.4, 0.5) is 0 Å². The predicted octanol–water partition coefficient (Wildman–Crippen LogP) is 8.26. The van der Waals surface area contributed by atoms with E-state index in [0.717, 1.165) is 12.8 Å². The molecule has 2 amide bonds. The van der Waals surface area contributed by atoms with Gasteiger partial charge in [0, 0.05) is 6.42 Å². The van der Waals surface area contributed by atoms with Crippen LogP contribution in [0, 0.1) is 0 Å². The molecule has 35 heavy (non-hydrogen) atoms. The van der Waals surface area contributed by atoms with E-state index < -0.39 is 5.91 Å². The van der Waals surface area contributed by atoms with Crippen LogP contribution in [0.1, 0.15) is 174 Å². The van der Waals surface area contributed by atoms with Gasteiger partial charge in [0.1, 0.15) is 0 Å². The van der Waals surface area contributed by atoms with Crippen LogP contribution < -0.4 is 16.6 Å². The number of primary amides is 1. The number of amides is 2. The van der Waals surface area contributed by atoms with Crippen LogP contribution >= 0.6 is 0 Å². The number of nitrogens with two attached hydrogens (primary N) is 1. The molecule has 0 atom stereocenters. The second kappa shape index (κ2) is 29.1. The average Bonchev–Trinajstić information content (AvgIpc) is 2.83. The fourth-order valence-corrected chi connectivity index (χ4v) is 4.72. The summed E-state index contributed by atoms with van der Waals surface area (Å²) < 4.78 is 0. The summed E-state index contributed by atoms with van der Waals surface area (Å²) in [4.78, 5) is 22.1. The van der Waals surface area contributed by atoms with Crippen molar-refractivity contribution in [2.75, 3.05) is 6.54 Å². The van der Waals surface area contributed by atoms with E-state index in [-0.39, 0.29) is 12.5 Å². The number of unbranched alkanes of at least 4 members (excludes halogenated alkanes) is 24. The third-order valence-corrected chi connectivity index (χ3v) is 7.00. The Morgan fingerprint density at radius 2 is 0.771 bits per heavy atom. The van der Waals surface area contributed by atoms with Crippen LogP contribution in [0.2, 0.25) is 0 Å². The topological polar surface area (TPSA) is 84.2 Å². The molecule has 208 valence electrons. The zero-order valence-corrected chi connectivity index (χ0v) is 23.5. The highest BCUT2D eigenvalue weighted by molar-refractivity contribution is 5.78. The van der Waals surface area contributed by atoms with Crippen molar-refractivity contribution in [2.24, 2.45) is 5.73 Å². The zero-order chi connectivity index (χ0) is 25.7. The van der Waals surface area contributed by atoms with Crippen LogP contribution in [0.15, 0.2) is 0 Å². The van der Waals surface area contributed by atoms with Gasteiger partial charge in [-0.15, -0.1) is 0 Å². The molecule has 0 fully saturated rings. The molecule has 0 aromatic rings. The van der Waals surface area contributed by atoms with Crippen molar-refractivity contribution in [3.63, 3.8) is 0 Å².